The zero-order valence-corrected chi connectivity index (χ0v) is 25.8. The van der Waals surface area contributed by atoms with Crippen LogP contribution in [-0.4, -0.2) is 53.2 Å². The summed E-state index contributed by atoms with van der Waals surface area (Å²) in [5.41, 5.74) is 3.78. The molecule has 0 aliphatic carbocycles. The van der Waals surface area contributed by atoms with E-state index in [-0.39, 0.29) is 19.0 Å². The molecule has 0 fully saturated rings. The van der Waals surface area contributed by atoms with Gasteiger partial charge in [-0.2, -0.15) is 0 Å². The maximum absolute atomic E-state index is 11.4. The standard InChI is InChI=1S/C18H20O5.C17H20O4/c1-20-15-9-14(11-17(19)22-3)10-16(21-2)18(15)23-12-13-7-5-4-6-8-13;1-19-15-10-14(8-9-18)11-16(20-2)17(15)21-12-13-6-4-3-5-7-13/h4-10H,11-12H2,1-3H3;3-7,10-11,18H,8-9,12H2,1-2H3. The second-order valence-electron chi connectivity index (χ2n) is 9.43. The van der Waals surface area contributed by atoms with E-state index >= 15 is 0 Å². The molecule has 0 atom stereocenters. The van der Waals surface area contributed by atoms with Crippen molar-refractivity contribution in [1.82, 2.24) is 0 Å². The number of carbonyl (C=O) groups is 1. The Kier molecular flexibility index (Phi) is 13.7. The van der Waals surface area contributed by atoms with Crippen molar-refractivity contribution in [2.75, 3.05) is 42.2 Å². The van der Waals surface area contributed by atoms with Gasteiger partial charge in [0.25, 0.3) is 0 Å². The van der Waals surface area contributed by atoms with Crippen LogP contribution < -0.4 is 28.4 Å². The average molecular weight is 605 g/mol. The Bertz CT molecular complexity index is 1390. The molecule has 0 radical (unpaired) electrons. The summed E-state index contributed by atoms with van der Waals surface area (Å²) < 4.78 is 37.9. The van der Waals surface area contributed by atoms with Crippen molar-refractivity contribution in [3.63, 3.8) is 0 Å². The van der Waals surface area contributed by atoms with E-state index in [1.54, 1.807) is 40.6 Å². The van der Waals surface area contributed by atoms with E-state index < -0.39 is 0 Å². The summed E-state index contributed by atoms with van der Waals surface area (Å²) in [5.74, 6) is 2.99. The molecule has 44 heavy (non-hydrogen) atoms. The molecular formula is C35H40O9. The third kappa shape index (κ3) is 9.84. The Morgan fingerprint density at radius 2 is 0.955 bits per heavy atom. The first-order valence-electron chi connectivity index (χ1n) is 14.0. The van der Waals surface area contributed by atoms with E-state index in [0.717, 1.165) is 22.3 Å². The van der Waals surface area contributed by atoms with Gasteiger partial charge in [-0.05, 0) is 52.9 Å². The number of hydrogen-bond donors (Lipinski definition) is 1. The van der Waals surface area contributed by atoms with Gasteiger partial charge in [0.05, 0.1) is 42.0 Å². The summed E-state index contributed by atoms with van der Waals surface area (Å²) in [6, 6.07) is 26.9. The first-order valence-corrected chi connectivity index (χ1v) is 14.0. The summed E-state index contributed by atoms with van der Waals surface area (Å²) in [4.78, 5) is 11.4. The fourth-order valence-corrected chi connectivity index (χ4v) is 4.23. The predicted octanol–water partition coefficient (Wildman–Crippen LogP) is 5.82. The molecular weight excluding hydrogens is 564 g/mol. The Hall–Kier alpha value is -4.89. The second kappa shape index (κ2) is 17.9. The lowest BCUT2D eigenvalue weighted by Gasteiger charge is -2.16. The van der Waals surface area contributed by atoms with Gasteiger partial charge in [0.1, 0.15) is 13.2 Å². The number of benzene rings is 4. The average Bonchev–Trinajstić information content (AvgIpc) is 3.07. The largest absolute Gasteiger partial charge is 0.493 e. The molecule has 0 saturated heterocycles. The zero-order chi connectivity index (χ0) is 31.7. The highest BCUT2D eigenvalue weighted by Crippen LogP contribution is 2.40. The molecule has 4 aromatic rings. The number of ether oxygens (including phenoxy) is 7. The first-order chi connectivity index (χ1) is 21.5. The molecule has 9 nitrogen and oxygen atoms in total. The van der Waals surface area contributed by atoms with Crippen molar-refractivity contribution < 1.29 is 43.1 Å². The lowest BCUT2D eigenvalue weighted by molar-refractivity contribution is -0.139. The van der Waals surface area contributed by atoms with Crippen LogP contribution in [0.15, 0.2) is 84.9 Å². The topological polar surface area (TPSA) is 102 Å². The van der Waals surface area contributed by atoms with Crippen LogP contribution >= 0.6 is 0 Å². The second-order valence-corrected chi connectivity index (χ2v) is 9.43. The van der Waals surface area contributed by atoms with Crippen LogP contribution in [-0.2, 0) is 35.6 Å². The Morgan fingerprint density at radius 3 is 1.30 bits per heavy atom. The number of aliphatic hydroxyl groups excluding tert-OH is 1. The Balaban J connectivity index is 0.000000241. The van der Waals surface area contributed by atoms with Crippen molar-refractivity contribution >= 4 is 5.97 Å². The molecule has 0 aromatic heterocycles. The number of aliphatic hydroxyl groups is 1. The number of esters is 1. The van der Waals surface area contributed by atoms with Gasteiger partial charge in [-0.3, -0.25) is 4.79 Å². The molecule has 0 aliphatic rings. The van der Waals surface area contributed by atoms with Gasteiger partial charge in [0, 0.05) is 6.61 Å². The first kappa shape index (κ1) is 33.6. The van der Waals surface area contributed by atoms with E-state index in [2.05, 4.69) is 4.74 Å². The minimum Gasteiger partial charge on any atom is -0.493 e. The summed E-state index contributed by atoms with van der Waals surface area (Å²) in [6.45, 7) is 0.910. The molecule has 234 valence electrons. The highest BCUT2D eigenvalue weighted by atomic mass is 16.5. The van der Waals surface area contributed by atoms with E-state index in [9.17, 15) is 4.79 Å². The van der Waals surface area contributed by atoms with Crippen LogP contribution in [0.2, 0.25) is 0 Å². The van der Waals surface area contributed by atoms with E-state index in [4.69, 9.17) is 33.5 Å². The minimum absolute atomic E-state index is 0.0799. The normalized spacial score (nSPS) is 10.1. The molecule has 4 aromatic carbocycles. The van der Waals surface area contributed by atoms with Gasteiger partial charge in [-0.25, -0.2) is 0 Å². The number of methoxy groups -OCH3 is 5. The summed E-state index contributed by atoms with van der Waals surface area (Å²) in [6.07, 6.45) is 0.688. The summed E-state index contributed by atoms with van der Waals surface area (Å²) in [5, 5.41) is 9.06. The zero-order valence-electron chi connectivity index (χ0n) is 25.8. The molecule has 0 spiro atoms. The fraction of sp³-hybridized carbons (Fsp3) is 0.286. The van der Waals surface area contributed by atoms with Gasteiger partial charge in [0.15, 0.2) is 23.0 Å². The quantitative estimate of drug-likeness (QED) is 0.179. The van der Waals surface area contributed by atoms with Gasteiger partial charge in [-0.15, -0.1) is 0 Å². The van der Waals surface area contributed by atoms with Crippen molar-refractivity contribution in [2.45, 2.75) is 26.1 Å². The Morgan fingerprint density at radius 1 is 0.568 bits per heavy atom. The lowest BCUT2D eigenvalue weighted by Crippen LogP contribution is -2.06. The van der Waals surface area contributed by atoms with Crippen molar-refractivity contribution in [2.24, 2.45) is 0 Å². The number of hydrogen-bond acceptors (Lipinski definition) is 9. The maximum atomic E-state index is 11.4. The van der Waals surface area contributed by atoms with E-state index in [1.807, 2.05) is 72.8 Å². The molecule has 0 amide bonds. The third-order valence-corrected chi connectivity index (χ3v) is 6.47. The van der Waals surface area contributed by atoms with E-state index in [1.165, 1.54) is 7.11 Å². The molecule has 4 rings (SSSR count). The van der Waals surface area contributed by atoms with E-state index in [0.29, 0.717) is 54.1 Å². The molecule has 0 saturated carbocycles. The molecule has 0 aliphatic heterocycles. The lowest BCUT2D eigenvalue weighted by atomic mass is 10.1. The number of rotatable bonds is 14. The molecule has 9 heteroatoms. The van der Waals surface area contributed by atoms with Crippen molar-refractivity contribution in [3.8, 4) is 34.5 Å². The molecule has 0 unspecified atom stereocenters. The van der Waals surface area contributed by atoms with Crippen molar-refractivity contribution in [1.29, 1.82) is 0 Å². The minimum atomic E-state index is -0.327. The van der Waals surface area contributed by atoms with Gasteiger partial charge >= 0.3 is 5.97 Å². The van der Waals surface area contributed by atoms with Crippen LogP contribution in [0.25, 0.3) is 0 Å². The van der Waals surface area contributed by atoms with Crippen LogP contribution in [0.1, 0.15) is 22.3 Å². The molecule has 1 N–H and O–H groups in total. The number of carbonyl (C=O) groups excluding carboxylic acids is 1. The van der Waals surface area contributed by atoms with Crippen LogP contribution in [0.5, 0.6) is 34.5 Å². The monoisotopic (exact) mass is 604 g/mol. The third-order valence-electron chi connectivity index (χ3n) is 6.47. The van der Waals surface area contributed by atoms with Crippen LogP contribution in [0.3, 0.4) is 0 Å². The molecule has 0 heterocycles. The van der Waals surface area contributed by atoms with Gasteiger partial charge in [0.2, 0.25) is 11.5 Å². The van der Waals surface area contributed by atoms with Gasteiger partial charge < -0.3 is 38.3 Å². The Labute approximate surface area is 258 Å². The van der Waals surface area contributed by atoms with Crippen LogP contribution in [0.4, 0.5) is 0 Å². The van der Waals surface area contributed by atoms with Gasteiger partial charge in [-0.1, -0.05) is 60.7 Å². The smallest absolute Gasteiger partial charge is 0.309 e. The molecule has 0 bridgehead atoms. The SMILES string of the molecule is COC(=O)Cc1cc(OC)c(OCc2ccccc2)c(OC)c1.COc1cc(CCO)cc(OC)c1OCc1ccccc1. The van der Waals surface area contributed by atoms with Crippen LogP contribution in [0, 0.1) is 0 Å². The highest BCUT2D eigenvalue weighted by Gasteiger charge is 2.17. The fourth-order valence-electron chi connectivity index (χ4n) is 4.23. The highest BCUT2D eigenvalue weighted by molar-refractivity contribution is 5.73. The maximum Gasteiger partial charge on any atom is 0.309 e. The summed E-state index contributed by atoms with van der Waals surface area (Å²) in [7, 11) is 7.63. The summed E-state index contributed by atoms with van der Waals surface area (Å²) >= 11 is 0. The predicted molar refractivity (Wildman–Crippen MR) is 167 cm³/mol. The van der Waals surface area contributed by atoms with Crippen molar-refractivity contribution in [3.05, 3.63) is 107 Å².